The first-order chi connectivity index (χ1) is 15.7. The lowest BCUT2D eigenvalue weighted by molar-refractivity contribution is -0.143. The zero-order valence-corrected chi connectivity index (χ0v) is 20.7. The molecule has 0 aliphatic heterocycles. The van der Waals surface area contributed by atoms with Gasteiger partial charge in [-0.1, -0.05) is 84.1 Å². The van der Waals surface area contributed by atoms with Crippen LogP contribution in [0.3, 0.4) is 0 Å². The largest absolute Gasteiger partial charge is 0.505 e. The van der Waals surface area contributed by atoms with Crippen molar-refractivity contribution in [2.45, 2.75) is 90.5 Å². The van der Waals surface area contributed by atoms with E-state index in [1.807, 2.05) is 51.1 Å². The van der Waals surface area contributed by atoms with E-state index < -0.39 is 0 Å². The van der Waals surface area contributed by atoms with Gasteiger partial charge in [0.1, 0.15) is 5.75 Å². The number of phenolic OH excluding ortho intramolecular Hbond substituents is 1. The summed E-state index contributed by atoms with van der Waals surface area (Å²) in [4.78, 5) is 12.2. The van der Waals surface area contributed by atoms with E-state index >= 15 is 0 Å². The van der Waals surface area contributed by atoms with E-state index in [0.717, 1.165) is 24.0 Å². The van der Waals surface area contributed by atoms with Crippen LogP contribution >= 0.6 is 0 Å². The Morgan fingerprint density at radius 1 is 1.12 bits per heavy atom. The highest BCUT2D eigenvalue weighted by molar-refractivity contribution is 5.99. The number of aromatic hydroxyl groups is 1. The number of carbonyl (C=O) groups excluding carboxylic acids is 1. The molecule has 1 atom stereocenters. The number of hydrazine groups is 1. The molecule has 0 saturated heterocycles. The summed E-state index contributed by atoms with van der Waals surface area (Å²) in [6.07, 6.45) is 15.1. The minimum Gasteiger partial charge on any atom is -0.505 e. The van der Waals surface area contributed by atoms with Crippen molar-refractivity contribution in [2.24, 2.45) is 0 Å². The number of rotatable bonds is 13. The molecule has 1 aromatic carbocycles. The highest BCUT2D eigenvalue weighted by Gasteiger charge is 2.22. The van der Waals surface area contributed by atoms with Gasteiger partial charge in [0.05, 0.1) is 24.0 Å². The molecule has 2 rings (SSSR count). The highest BCUT2D eigenvalue weighted by Crippen LogP contribution is 2.37. The molecule has 33 heavy (non-hydrogen) atoms. The van der Waals surface area contributed by atoms with Crippen molar-refractivity contribution < 1.29 is 14.6 Å². The van der Waals surface area contributed by atoms with E-state index in [1.165, 1.54) is 25.7 Å². The number of unbranched alkanes of at least 4 members (excludes halogenated alkanes) is 5. The molecule has 0 heterocycles. The van der Waals surface area contributed by atoms with Crippen molar-refractivity contribution in [1.82, 2.24) is 5.43 Å². The first-order valence-corrected chi connectivity index (χ1v) is 12.2. The number of hydrogen-bond acceptors (Lipinski definition) is 6. The van der Waals surface area contributed by atoms with Crippen LogP contribution in [0, 0.1) is 5.41 Å². The van der Waals surface area contributed by atoms with E-state index in [0.29, 0.717) is 30.8 Å². The second-order valence-electron chi connectivity index (χ2n) is 9.72. The number of aryl methyl sites for hydroxylation is 1. The second-order valence-corrected chi connectivity index (χ2v) is 9.72. The lowest BCUT2D eigenvalue weighted by Gasteiger charge is -2.25. The first kappa shape index (κ1) is 26.7. The molecule has 6 nitrogen and oxygen atoms in total. The number of carbonyl (C=O) groups is 1. The molecule has 1 aromatic rings. The van der Waals surface area contributed by atoms with Crippen molar-refractivity contribution in [3.05, 3.63) is 47.6 Å². The summed E-state index contributed by atoms with van der Waals surface area (Å²) < 4.78 is 5.41. The Labute approximate surface area is 199 Å². The lowest BCUT2D eigenvalue weighted by atomic mass is 9.84. The van der Waals surface area contributed by atoms with Crippen LogP contribution < -0.4 is 10.9 Å². The van der Waals surface area contributed by atoms with Gasteiger partial charge in [0.25, 0.3) is 0 Å². The summed E-state index contributed by atoms with van der Waals surface area (Å²) in [6, 6.07) is 3.53. The SMILES string of the molecule is CCCCCCCCOC(=O)CCc1cc(NNC2C=CC=CC2=N)c(O)c(C(C)(C)C)c1. The van der Waals surface area contributed by atoms with E-state index in [1.54, 1.807) is 6.08 Å². The van der Waals surface area contributed by atoms with Gasteiger partial charge in [-0.25, -0.2) is 5.43 Å². The topological polar surface area (TPSA) is 94.4 Å². The normalized spacial score (nSPS) is 15.6. The van der Waals surface area contributed by atoms with Crippen LogP contribution in [-0.4, -0.2) is 29.4 Å². The smallest absolute Gasteiger partial charge is 0.306 e. The van der Waals surface area contributed by atoms with Crippen molar-refractivity contribution in [3.63, 3.8) is 0 Å². The number of nitrogens with one attached hydrogen (secondary N) is 3. The van der Waals surface area contributed by atoms with Gasteiger partial charge in [0, 0.05) is 12.0 Å². The quantitative estimate of drug-likeness (QED) is 0.127. The maximum atomic E-state index is 12.2. The summed E-state index contributed by atoms with van der Waals surface area (Å²) in [7, 11) is 0. The van der Waals surface area contributed by atoms with Gasteiger partial charge in [0.15, 0.2) is 0 Å². The van der Waals surface area contributed by atoms with Gasteiger partial charge < -0.3 is 20.7 Å². The van der Waals surface area contributed by atoms with Crippen LogP contribution in [0.1, 0.15) is 83.8 Å². The Morgan fingerprint density at radius 3 is 2.55 bits per heavy atom. The van der Waals surface area contributed by atoms with Crippen LogP contribution in [0.15, 0.2) is 36.4 Å². The van der Waals surface area contributed by atoms with Gasteiger partial charge in [-0.3, -0.25) is 4.79 Å². The lowest BCUT2D eigenvalue weighted by Crippen LogP contribution is -2.38. The minimum atomic E-state index is -0.284. The van der Waals surface area contributed by atoms with Gasteiger partial charge >= 0.3 is 5.97 Å². The van der Waals surface area contributed by atoms with Crippen LogP contribution in [0.4, 0.5) is 5.69 Å². The van der Waals surface area contributed by atoms with E-state index in [9.17, 15) is 9.90 Å². The maximum Gasteiger partial charge on any atom is 0.306 e. The van der Waals surface area contributed by atoms with Gasteiger partial charge in [-0.05, 0) is 36.0 Å². The fourth-order valence-electron chi connectivity index (χ4n) is 3.72. The molecule has 0 aromatic heterocycles. The molecule has 6 heteroatoms. The molecular formula is C27H41N3O3. The van der Waals surface area contributed by atoms with Crippen molar-refractivity contribution in [2.75, 3.05) is 12.0 Å². The van der Waals surface area contributed by atoms with Crippen LogP contribution in [0.2, 0.25) is 0 Å². The van der Waals surface area contributed by atoms with Crippen molar-refractivity contribution >= 4 is 17.4 Å². The summed E-state index contributed by atoms with van der Waals surface area (Å²) in [5, 5.41) is 18.9. The van der Waals surface area contributed by atoms with E-state index in [-0.39, 0.29) is 23.2 Å². The Balaban J connectivity index is 1.95. The van der Waals surface area contributed by atoms with Crippen LogP contribution in [0.5, 0.6) is 5.75 Å². The average Bonchev–Trinajstić information content (AvgIpc) is 2.77. The number of hydrogen-bond donors (Lipinski definition) is 4. The maximum absolute atomic E-state index is 12.2. The number of allylic oxidation sites excluding steroid dienone is 2. The zero-order chi connectivity index (χ0) is 24.3. The molecule has 0 saturated carbocycles. The molecule has 0 amide bonds. The Bertz CT molecular complexity index is 853. The van der Waals surface area contributed by atoms with Crippen LogP contribution in [0.25, 0.3) is 0 Å². The number of phenols is 1. The average molecular weight is 456 g/mol. The molecule has 0 bridgehead atoms. The van der Waals surface area contributed by atoms with E-state index in [4.69, 9.17) is 10.1 Å². The summed E-state index contributed by atoms with van der Waals surface area (Å²) >= 11 is 0. The summed E-state index contributed by atoms with van der Waals surface area (Å²) in [5.41, 5.74) is 8.62. The minimum absolute atomic E-state index is 0.172. The number of esters is 1. The third-order valence-electron chi connectivity index (χ3n) is 5.74. The third-order valence-corrected chi connectivity index (χ3v) is 5.74. The molecule has 0 fully saturated rings. The summed E-state index contributed by atoms with van der Waals surface area (Å²) in [6.45, 7) is 8.82. The predicted molar refractivity (Wildman–Crippen MR) is 136 cm³/mol. The van der Waals surface area contributed by atoms with Gasteiger partial charge in [-0.2, -0.15) is 0 Å². The molecule has 1 unspecified atom stereocenters. The highest BCUT2D eigenvalue weighted by atomic mass is 16.5. The Hall–Kier alpha value is -2.60. The number of anilines is 1. The molecule has 182 valence electrons. The zero-order valence-electron chi connectivity index (χ0n) is 20.7. The monoisotopic (exact) mass is 455 g/mol. The molecule has 1 aliphatic carbocycles. The predicted octanol–water partition coefficient (Wildman–Crippen LogP) is 5.96. The number of benzene rings is 1. The van der Waals surface area contributed by atoms with Crippen molar-refractivity contribution in [3.8, 4) is 5.75 Å². The standard InChI is InChI=1S/C27H41N3O3/c1-5-6-7-8-9-12-17-33-25(31)16-15-20-18-21(27(2,3)4)26(32)24(19-20)30-29-23-14-11-10-13-22(23)28/h10-11,13-14,18-19,23,28-30,32H,5-9,12,15-17H2,1-4H3. The molecule has 0 spiro atoms. The first-order valence-electron chi connectivity index (χ1n) is 12.2. The van der Waals surface area contributed by atoms with Crippen molar-refractivity contribution in [1.29, 1.82) is 5.41 Å². The van der Waals surface area contributed by atoms with E-state index in [2.05, 4.69) is 17.8 Å². The Morgan fingerprint density at radius 2 is 1.85 bits per heavy atom. The third kappa shape index (κ3) is 9.04. The summed E-state index contributed by atoms with van der Waals surface area (Å²) in [5.74, 6) is -0.0135. The van der Waals surface area contributed by atoms with Gasteiger partial charge in [-0.15, -0.1) is 0 Å². The van der Waals surface area contributed by atoms with Gasteiger partial charge in [0.2, 0.25) is 0 Å². The molecular weight excluding hydrogens is 414 g/mol. The fraction of sp³-hybridized carbons (Fsp3) is 0.556. The fourth-order valence-corrected chi connectivity index (χ4v) is 3.72. The number of ether oxygens (including phenoxy) is 1. The van der Waals surface area contributed by atoms with Crippen LogP contribution in [-0.2, 0) is 21.4 Å². The second kappa shape index (κ2) is 13.2. The molecule has 4 N–H and O–H groups in total. The molecule has 0 radical (unpaired) electrons. The molecule has 1 aliphatic rings. The Kier molecular flexibility index (Phi) is 10.7.